The van der Waals surface area contributed by atoms with Crippen molar-refractivity contribution in [3.05, 3.63) is 58.1 Å². The minimum absolute atomic E-state index is 0.0600. The molecule has 4 nitrogen and oxygen atoms in total. The Kier molecular flexibility index (Phi) is 7.37. The smallest absolute Gasteiger partial charge is 0.225 e. The summed E-state index contributed by atoms with van der Waals surface area (Å²) < 4.78 is 5.08. The molecule has 0 spiro atoms. The van der Waals surface area contributed by atoms with Crippen molar-refractivity contribution < 1.29 is 9.53 Å². The molecule has 6 heteroatoms. The zero-order valence-corrected chi connectivity index (χ0v) is 15.0. The van der Waals surface area contributed by atoms with Gasteiger partial charge in [-0.2, -0.15) is 0 Å². The predicted octanol–water partition coefficient (Wildman–Crippen LogP) is 4.16. The van der Waals surface area contributed by atoms with E-state index >= 15 is 0 Å². The Hall–Kier alpha value is -1.75. The molecule has 0 unspecified atom stereocenters. The van der Waals surface area contributed by atoms with Crippen molar-refractivity contribution in [1.29, 1.82) is 0 Å². The van der Waals surface area contributed by atoms with Crippen LogP contribution >= 0.6 is 23.2 Å². The van der Waals surface area contributed by atoms with Gasteiger partial charge in [-0.05, 0) is 48.9 Å². The maximum absolute atomic E-state index is 11.9. The monoisotopic (exact) mass is 366 g/mol. The van der Waals surface area contributed by atoms with Gasteiger partial charge >= 0.3 is 0 Å². The molecule has 0 aliphatic rings. The highest BCUT2D eigenvalue weighted by atomic mass is 35.5. The van der Waals surface area contributed by atoms with Gasteiger partial charge in [0.15, 0.2) is 0 Å². The third-order valence-electron chi connectivity index (χ3n) is 3.47. The first-order valence-electron chi connectivity index (χ1n) is 7.67. The fraction of sp³-hybridized carbons (Fsp3) is 0.278. The standard InChI is InChI=1S/C18H20Cl2N2O2/c1-24-17-7-6-15(12-16(17)20)22-18(23)9-11-21-10-8-13-2-4-14(19)5-3-13/h2-7,12,21H,8-11H2,1H3,(H,22,23). The van der Waals surface area contributed by atoms with Gasteiger partial charge in [-0.1, -0.05) is 35.3 Å². The van der Waals surface area contributed by atoms with Gasteiger partial charge in [0.1, 0.15) is 5.75 Å². The predicted molar refractivity (Wildman–Crippen MR) is 99.3 cm³/mol. The highest BCUT2D eigenvalue weighted by Crippen LogP contribution is 2.27. The van der Waals surface area contributed by atoms with Crippen molar-refractivity contribution in [2.75, 3.05) is 25.5 Å². The molecule has 0 radical (unpaired) electrons. The lowest BCUT2D eigenvalue weighted by Crippen LogP contribution is -2.23. The molecule has 0 bridgehead atoms. The number of benzene rings is 2. The number of rotatable bonds is 8. The van der Waals surface area contributed by atoms with E-state index in [9.17, 15) is 4.79 Å². The largest absolute Gasteiger partial charge is 0.495 e. The van der Waals surface area contributed by atoms with E-state index in [2.05, 4.69) is 10.6 Å². The Morgan fingerprint density at radius 2 is 1.83 bits per heavy atom. The average molecular weight is 367 g/mol. The molecule has 0 atom stereocenters. The van der Waals surface area contributed by atoms with Crippen LogP contribution < -0.4 is 15.4 Å². The van der Waals surface area contributed by atoms with E-state index in [0.29, 0.717) is 29.4 Å². The van der Waals surface area contributed by atoms with Crippen molar-refractivity contribution in [1.82, 2.24) is 5.32 Å². The molecule has 128 valence electrons. The quantitative estimate of drug-likeness (QED) is 0.689. The molecule has 24 heavy (non-hydrogen) atoms. The highest BCUT2D eigenvalue weighted by molar-refractivity contribution is 6.32. The summed E-state index contributed by atoms with van der Waals surface area (Å²) in [5, 5.41) is 7.28. The van der Waals surface area contributed by atoms with Gasteiger partial charge in [-0.15, -0.1) is 0 Å². The SMILES string of the molecule is COc1ccc(NC(=O)CCNCCc2ccc(Cl)cc2)cc1Cl. The van der Waals surface area contributed by atoms with Gasteiger partial charge in [-0.3, -0.25) is 4.79 Å². The topological polar surface area (TPSA) is 50.4 Å². The first-order chi connectivity index (χ1) is 11.6. The van der Waals surface area contributed by atoms with Crippen molar-refractivity contribution in [3.8, 4) is 5.75 Å². The Labute approximate surface area is 152 Å². The van der Waals surface area contributed by atoms with Crippen molar-refractivity contribution in [2.24, 2.45) is 0 Å². The van der Waals surface area contributed by atoms with Crippen LogP contribution in [0.4, 0.5) is 5.69 Å². The highest BCUT2D eigenvalue weighted by Gasteiger charge is 2.05. The van der Waals surface area contributed by atoms with Crippen LogP contribution in [0.25, 0.3) is 0 Å². The van der Waals surface area contributed by atoms with Crippen LogP contribution in [0.15, 0.2) is 42.5 Å². The molecule has 0 aliphatic heterocycles. The first kappa shape index (κ1) is 18.6. The van der Waals surface area contributed by atoms with Gasteiger partial charge in [0, 0.05) is 23.7 Å². The van der Waals surface area contributed by atoms with Crippen LogP contribution in [0.5, 0.6) is 5.75 Å². The second-order valence-corrected chi connectivity index (χ2v) is 6.12. The van der Waals surface area contributed by atoms with Crippen molar-refractivity contribution in [3.63, 3.8) is 0 Å². The van der Waals surface area contributed by atoms with E-state index < -0.39 is 0 Å². The summed E-state index contributed by atoms with van der Waals surface area (Å²) >= 11 is 11.9. The van der Waals surface area contributed by atoms with E-state index in [1.807, 2.05) is 24.3 Å². The van der Waals surface area contributed by atoms with Crippen molar-refractivity contribution in [2.45, 2.75) is 12.8 Å². The molecule has 0 saturated heterocycles. The van der Waals surface area contributed by atoms with Crippen LogP contribution in [-0.4, -0.2) is 26.1 Å². The number of amides is 1. The number of hydrogen-bond donors (Lipinski definition) is 2. The average Bonchev–Trinajstić information content (AvgIpc) is 2.56. The third-order valence-corrected chi connectivity index (χ3v) is 4.02. The van der Waals surface area contributed by atoms with Gasteiger partial charge in [-0.25, -0.2) is 0 Å². The number of methoxy groups -OCH3 is 1. The molecule has 0 aromatic heterocycles. The lowest BCUT2D eigenvalue weighted by atomic mass is 10.1. The number of halogens is 2. The zero-order chi connectivity index (χ0) is 17.4. The fourth-order valence-corrected chi connectivity index (χ4v) is 2.56. The molecule has 0 aliphatic carbocycles. The van der Waals surface area contributed by atoms with Crippen LogP contribution in [-0.2, 0) is 11.2 Å². The zero-order valence-electron chi connectivity index (χ0n) is 13.4. The summed E-state index contributed by atoms with van der Waals surface area (Å²) in [6.07, 6.45) is 1.29. The van der Waals surface area contributed by atoms with E-state index in [0.717, 1.165) is 18.0 Å². The summed E-state index contributed by atoms with van der Waals surface area (Å²) in [5.74, 6) is 0.522. The second kappa shape index (κ2) is 9.52. The normalized spacial score (nSPS) is 10.5. The summed E-state index contributed by atoms with van der Waals surface area (Å²) in [4.78, 5) is 11.9. The maximum atomic E-state index is 11.9. The van der Waals surface area contributed by atoms with Crippen molar-refractivity contribution >= 4 is 34.8 Å². The number of carbonyl (C=O) groups is 1. The molecule has 1 amide bonds. The van der Waals surface area contributed by atoms with E-state index in [1.165, 1.54) is 5.56 Å². The van der Waals surface area contributed by atoms with Gasteiger partial charge in [0.25, 0.3) is 0 Å². The number of anilines is 1. The minimum atomic E-state index is -0.0600. The van der Waals surface area contributed by atoms with E-state index in [-0.39, 0.29) is 5.91 Å². The summed E-state index contributed by atoms with van der Waals surface area (Å²) in [6.45, 7) is 1.42. The molecule has 0 heterocycles. The number of carbonyl (C=O) groups excluding carboxylic acids is 1. The molecular weight excluding hydrogens is 347 g/mol. The van der Waals surface area contributed by atoms with E-state index in [4.69, 9.17) is 27.9 Å². The van der Waals surface area contributed by atoms with Gasteiger partial charge < -0.3 is 15.4 Å². The molecular formula is C18H20Cl2N2O2. The minimum Gasteiger partial charge on any atom is -0.495 e. The molecule has 2 N–H and O–H groups in total. The molecule has 0 fully saturated rings. The molecule has 0 saturated carbocycles. The van der Waals surface area contributed by atoms with Crippen LogP contribution in [0, 0.1) is 0 Å². The molecule has 2 aromatic rings. The molecule has 2 rings (SSSR count). The summed E-state index contributed by atoms with van der Waals surface area (Å²) in [6, 6.07) is 12.9. The number of nitrogens with one attached hydrogen (secondary N) is 2. The Balaban J connectivity index is 1.66. The Bertz CT molecular complexity index is 675. The van der Waals surface area contributed by atoms with Gasteiger partial charge in [0.05, 0.1) is 12.1 Å². The fourth-order valence-electron chi connectivity index (χ4n) is 2.18. The molecule has 2 aromatic carbocycles. The van der Waals surface area contributed by atoms with Crippen LogP contribution in [0.2, 0.25) is 10.0 Å². The first-order valence-corrected chi connectivity index (χ1v) is 8.42. The lowest BCUT2D eigenvalue weighted by Gasteiger charge is -2.09. The number of hydrogen-bond acceptors (Lipinski definition) is 3. The summed E-state index contributed by atoms with van der Waals surface area (Å²) in [7, 11) is 1.55. The second-order valence-electron chi connectivity index (χ2n) is 5.27. The van der Waals surface area contributed by atoms with E-state index in [1.54, 1.807) is 25.3 Å². The lowest BCUT2D eigenvalue weighted by molar-refractivity contribution is -0.116. The number of ether oxygens (including phenoxy) is 1. The maximum Gasteiger partial charge on any atom is 0.225 e. The third kappa shape index (κ3) is 6.04. The summed E-state index contributed by atoms with van der Waals surface area (Å²) in [5.41, 5.74) is 1.87. The Morgan fingerprint density at radius 1 is 1.08 bits per heavy atom. The Morgan fingerprint density at radius 3 is 2.50 bits per heavy atom. The van der Waals surface area contributed by atoms with Gasteiger partial charge in [0.2, 0.25) is 5.91 Å². The van der Waals surface area contributed by atoms with Crippen LogP contribution in [0.3, 0.4) is 0 Å². The van der Waals surface area contributed by atoms with Crippen LogP contribution in [0.1, 0.15) is 12.0 Å².